The normalized spacial score (nSPS) is 11.1. The van der Waals surface area contributed by atoms with Crippen LogP contribution in [-0.2, 0) is 4.84 Å². The Morgan fingerprint density at radius 3 is 3.00 bits per heavy atom. The van der Waals surface area contributed by atoms with E-state index < -0.39 is 0 Å². The molecule has 0 aromatic carbocycles. The van der Waals surface area contributed by atoms with Crippen LogP contribution >= 0.6 is 0 Å². The molecule has 4 nitrogen and oxygen atoms in total. The summed E-state index contributed by atoms with van der Waals surface area (Å²) < 4.78 is 0. The molecule has 4 heteroatoms. The van der Waals surface area contributed by atoms with Crippen LogP contribution in [0.2, 0.25) is 0 Å². The van der Waals surface area contributed by atoms with Crippen molar-refractivity contribution in [3.05, 3.63) is 0 Å². The Labute approximate surface area is 47.4 Å². The van der Waals surface area contributed by atoms with E-state index in [1.807, 2.05) is 0 Å². The van der Waals surface area contributed by atoms with E-state index in [4.69, 9.17) is 5.21 Å². The van der Waals surface area contributed by atoms with Crippen LogP contribution < -0.4 is 0 Å². The van der Waals surface area contributed by atoms with Gasteiger partial charge in [0.1, 0.15) is 0 Å². The van der Waals surface area contributed by atoms with Crippen LogP contribution in [0.1, 0.15) is 6.92 Å². The molecule has 0 radical (unpaired) electrons. The molecule has 0 saturated heterocycles. The molecule has 0 bridgehead atoms. The van der Waals surface area contributed by atoms with E-state index in [0.717, 1.165) is 0 Å². The van der Waals surface area contributed by atoms with Crippen molar-refractivity contribution < 1.29 is 10.0 Å². The first kappa shape index (κ1) is 6.94. The van der Waals surface area contributed by atoms with E-state index >= 15 is 0 Å². The first-order valence-electron chi connectivity index (χ1n) is 2.17. The minimum Gasteiger partial charge on any atom is -0.411 e. The average molecular weight is 116 g/mol. The monoisotopic (exact) mass is 116 g/mol. The fourth-order valence-corrected chi connectivity index (χ4v) is 0.184. The van der Waals surface area contributed by atoms with Gasteiger partial charge in [0.15, 0.2) is 6.61 Å². The zero-order chi connectivity index (χ0) is 6.24. The van der Waals surface area contributed by atoms with Gasteiger partial charge in [0.25, 0.3) is 0 Å². The Balaban J connectivity index is 2.93. The van der Waals surface area contributed by atoms with Gasteiger partial charge in [-0.25, -0.2) is 0 Å². The molecule has 8 heavy (non-hydrogen) atoms. The molecule has 0 unspecified atom stereocenters. The summed E-state index contributed by atoms with van der Waals surface area (Å²) in [4.78, 5) is 4.48. The van der Waals surface area contributed by atoms with Crippen LogP contribution in [0, 0.1) is 0 Å². The van der Waals surface area contributed by atoms with Crippen molar-refractivity contribution in [1.82, 2.24) is 0 Å². The summed E-state index contributed by atoms with van der Waals surface area (Å²) in [6, 6.07) is 0. The molecular weight excluding hydrogens is 108 g/mol. The summed E-state index contributed by atoms with van der Waals surface area (Å²) in [5.41, 5.74) is 0. The first-order chi connectivity index (χ1) is 3.91. The third-order valence-corrected chi connectivity index (χ3v) is 0.411. The summed E-state index contributed by atoms with van der Waals surface area (Å²) in [5, 5.41) is 13.9. The van der Waals surface area contributed by atoms with Crippen molar-refractivity contribution in [2.45, 2.75) is 6.92 Å². The molecule has 46 valence electrons. The van der Waals surface area contributed by atoms with Crippen LogP contribution in [0.15, 0.2) is 10.3 Å². The van der Waals surface area contributed by atoms with Gasteiger partial charge in [0.2, 0.25) is 0 Å². The number of oxime groups is 2. The van der Waals surface area contributed by atoms with Crippen LogP contribution in [0.5, 0.6) is 0 Å². The van der Waals surface area contributed by atoms with Gasteiger partial charge in [-0.05, 0) is 6.92 Å². The summed E-state index contributed by atoms with van der Waals surface area (Å²) in [7, 11) is 0. The second kappa shape index (κ2) is 5.94. The molecule has 0 aliphatic carbocycles. The molecule has 0 aromatic heterocycles. The number of hydrogen-bond donors (Lipinski definition) is 1. The molecule has 0 atom stereocenters. The predicted octanol–water partition coefficient (Wildman–Crippen LogP) is 0.469. The molecular formula is C4H8N2O2. The number of hydrogen-bond acceptors (Lipinski definition) is 4. The molecule has 0 spiro atoms. The molecule has 0 rings (SSSR count). The zero-order valence-electron chi connectivity index (χ0n) is 4.61. The molecule has 0 saturated carbocycles. The van der Waals surface area contributed by atoms with Crippen LogP contribution in [0.25, 0.3) is 0 Å². The molecule has 1 N–H and O–H groups in total. The van der Waals surface area contributed by atoms with E-state index in [-0.39, 0.29) is 6.61 Å². The van der Waals surface area contributed by atoms with Gasteiger partial charge in [-0.2, -0.15) is 0 Å². The van der Waals surface area contributed by atoms with Crippen LogP contribution in [0.4, 0.5) is 0 Å². The molecule has 0 amide bonds. The highest BCUT2D eigenvalue weighted by Crippen LogP contribution is 1.68. The molecule has 0 aromatic rings. The molecule has 0 aliphatic heterocycles. The predicted molar refractivity (Wildman–Crippen MR) is 30.4 cm³/mol. The van der Waals surface area contributed by atoms with Crippen molar-refractivity contribution in [2.75, 3.05) is 6.61 Å². The summed E-state index contributed by atoms with van der Waals surface area (Å²) in [5.74, 6) is 0. The first-order valence-corrected chi connectivity index (χ1v) is 2.17. The quantitative estimate of drug-likeness (QED) is 0.252. The maximum absolute atomic E-state index is 7.80. The van der Waals surface area contributed by atoms with Crippen LogP contribution in [-0.4, -0.2) is 24.2 Å². The van der Waals surface area contributed by atoms with Gasteiger partial charge < -0.3 is 10.0 Å². The highest BCUT2D eigenvalue weighted by atomic mass is 16.6. The van der Waals surface area contributed by atoms with Gasteiger partial charge in [-0.15, -0.1) is 0 Å². The van der Waals surface area contributed by atoms with Gasteiger partial charge in [0.05, 0.1) is 6.21 Å². The van der Waals surface area contributed by atoms with E-state index in [9.17, 15) is 0 Å². The highest BCUT2D eigenvalue weighted by Gasteiger charge is 1.71. The summed E-state index contributed by atoms with van der Waals surface area (Å²) >= 11 is 0. The SMILES string of the molecule is CC=NOCC=NO. The topological polar surface area (TPSA) is 54.2 Å². The fraction of sp³-hybridized carbons (Fsp3) is 0.500. The van der Waals surface area contributed by atoms with E-state index in [1.54, 1.807) is 6.92 Å². The van der Waals surface area contributed by atoms with Crippen molar-refractivity contribution >= 4 is 12.4 Å². The largest absolute Gasteiger partial charge is 0.411 e. The van der Waals surface area contributed by atoms with Crippen molar-refractivity contribution in [2.24, 2.45) is 10.3 Å². The third-order valence-electron chi connectivity index (χ3n) is 0.411. The lowest BCUT2D eigenvalue weighted by Gasteiger charge is -1.86. The van der Waals surface area contributed by atoms with E-state index in [0.29, 0.717) is 0 Å². The van der Waals surface area contributed by atoms with Crippen LogP contribution in [0.3, 0.4) is 0 Å². The fourth-order valence-electron chi connectivity index (χ4n) is 0.184. The van der Waals surface area contributed by atoms with Crippen molar-refractivity contribution in [1.29, 1.82) is 0 Å². The zero-order valence-corrected chi connectivity index (χ0v) is 4.61. The van der Waals surface area contributed by atoms with E-state index in [2.05, 4.69) is 15.1 Å². The second-order valence-corrected chi connectivity index (χ2v) is 0.957. The van der Waals surface area contributed by atoms with Crippen molar-refractivity contribution in [3.63, 3.8) is 0 Å². The lowest BCUT2D eigenvalue weighted by molar-refractivity contribution is 0.185. The minimum atomic E-state index is 0.209. The van der Waals surface area contributed by atoms with Gasteiger partial charge in [0, 0.05) is 6.21 Å². The number of nitrogens with zero attached hydrogens (tertiary/aromatic N) is 2. The average Bonchev–Trinajstić information content (AvgIpc) is 1.81. The lowest BCUT2D eigenvalue weighted by Crippen LogP contribution is -1.87. The molecule has 0 aliphatic rings. The smallest absolute Gasteiger partial charge is 0.155 e. The maximum Gasteiger partial charge on any atom is 0.155 e. The summed E-state index contributed by atoms with van der Waals surface area (Å²) in [6.45, 7) is 1.94. The van der Waals surface area contributed by atoms with E-state index in [1.165, 1.54) is 12.4 Å². The molecule has 0 heterocycles. The van der Waals surface area contributed by atoms with Crippen molar-refractivity contribution in [3.8, 4) is 0 Å². The Morgan fingerprint density at radius 2 is 2.50 bits per heavy atom. The minimum absolute atomic E-state index is 0.209. The maximum atomic E-state index is 7.80. The Bertz CT molecular complexity index is 78.0. The third kappa shape index (κ3) is 4.94. The standard InChI is InChI=1S/C4H8N2O2/c1-2-6-8-4-3-5-7/h2-3,7H,4H2,1H3. The Morgan fingerprint density at radius 1 is 1.75 bits per heavy atom. The van der Waals surface area contributed by atoms with Gasteiger partial charge in [-0.1, -0.05) is 10.3 Å². The van der Waals surface area contributed by atoms with Gasteiger partial charge >= 0.3 is 0 Å². The number of rotatable bonds is 3. The second-order valence-electron chi connectivity index (χ2n) is 0.957. The lowest BCUT2D eigenvalue weighted by atomic mass is 10.8. The Kier molecular flexibility index (Phi) is 5.15. The Hall–Kier alpha value is -1.06. The summed E-state index contributed by atoms with van der Waals surface area (Å²) in [6.07, 6.45) is 2.71. The molecule has 0 fully saturated rings. The highest BCUT2D eigenvalue weighted by molar-refractivity contribution is 5.57. The van der Waals surface area contributed by atoms with Gasteiger partial charge in [-0.3, -0.25) is 0 Å².